The van der Waals surface area contributed by atoms with Crippen LogP contribution in [0.15, 0.2) is 54.6 Å². The minimum atomic E-state index is -0.434. The van der Waals surface area contributed by atoms with E-state index in [0.29, 0.717) is 28.2 Å². The van der Waals surface area contributed by atoms with Crippen LogP contribution in [-0.2, 0) is 6.42 Å². The number of carbonyl (C=O) groups excluding carboxylic acids is 2. The lowest BCUT2D eigenvalue weighted by Gasteiger charge is -2.11. The Morgan fingerprint density at radius 2 is 1.52 bits per heavy atom. The normalized spacial score (nSPS) is 13.1. The van der Waals surface area contributed by atoms with Gasteiger partial charge in [0.2, 0.25) is 11.6 Å². The van der Waals surface area contributed by atoms with E-state index in [4.69, 9.17) is 4.74 Å². The molecule has 3 aromatic rings. The quantitative estimate of drug-likeness (QED) is 0.617. The molecule has 3 nitrogen and oxygen atoms in total. The second-order valence-electron chi connectivity index (χ2n) is 6.84. The van der Waals surface area contributed by atoms with Crippen LogP contribution in [0.25, 0.3) is 10.8 Å². The third-order valence-electron chi connectivity index (χ3n) is 4.49. The Labute approximate surface area is 146 Å². The van der Waals surface area contributed by atoms with E-state index < -0.39 is 11.6 Å². The lowest BCUT2D eigenvalue weighted by atomic mass is 10.0. The van der Waals surface area contributed by atoms with Gasteiger partial charge in [0.05, 0.1) is 0 Å². The van der Waals surface area contributed by atoms with E-state index in [0.717, 1.165) is 17.6 Å². The first kappa shape index (κ1) is 15.6. The average molecular weight is 330 g/mol. The fraction of sp³-hybridized carbons (Fsp3) is 0.182. The summed E-state index contributed by atoms with van der Waals surface area (Å²) in [5, 5.41) is 1.49. The Hall–Kier alpha value is -2.94. The van der Waals surface area contributed by atoms with Crippen molar-refractivity contribution in [3.63, 3.8) is 0 Å². The molecule has 0 aromatic heterocycles. The van der Waals surface area contributed by atoms with Crippen molar-refractivity contribution in [1.29, 1.82) is 0 Å². The molecule has 25 heavy (non-hydrogen) atoms. The first-order chi connectivity index (χ1) is 12.0. The molecule has 3 heteroatoms. The first-order valence-corrected chi connectivity index (χ1v) is 8.46. The van der Waals surface area contributed by atoms with Crippen LogP contribution < -0.4 is 4.74 Å². The van der Waals surface area contributed by atoms with Gasteiger partial charge >= 0.3 is 0 Å². The summed E-state index contributed by atoms with van der Waals surface area (Å²) >= 11 is 0. The van der Waals surface area contributed by atoms with Crippen molar-refractivity contribution in [2.24, 2.45) is 5.92 Å². The van der Waals surface area contributed by atoms with Gasteiger partial charge in [-0.1, -0.05) is 44.2 Å². The maximum Gasteiger partial charge on any atom is 0.234 e. The highest BCUT2D eigenvalue weighted by Crippen LogP contribution is 2.37. The highest BCUT2D eigenvalue weighted by Gasteiger charge is 2.31. The highest BCUT2D eigenvalue weighted by atomic mass is 16.5. The van der Waals surface area contributed by atoms with Gasteiger partial charge in [0.25, 0.3) is 0 Å². The predicted octanol–water partition coefficient (Wildman–Crippen LogP) is 5.21. The summed E-state index contributed by atoms with van der Waals surface area (Å²) in [6, 6.07) is 16.9. The van der Waals surface area contributed by atoms with Gasteiger partial charge in [-0.25, -0.2) is 0 Å². The molecular weight excluding hydrogens is 312 g/mol. The number of ketones is 2. The first-order valence-electron chi connectivity index (χ1n) is 8.46. The topological polar surface area (TPSA) is 43.4 Å². The molecular formula is C22H18O3. The van der Waals surface area contributed by atoms with Crippen molar-refractivity contribution >= 4 is 22.3 Å². The van der Waals surface area contributed by atoms with Gasteiger partial charge < -0.3 is 4.74 Å². The fourth-order valence-corrected chi connectivity index (χ4v) is 3.38. The molecule has 0 N–H and O–H groups in total. The number of ether oxygens (including phenoxy) is 1. The minimum absolute atomic E-state index is 0.434. The van der Waals surface area contributed by atoms with E-state index in [1.807, 2.05) is 18.2 Å². The van der Waals surface area contributed by atoms with Gasteiger partial charge in [0.15, 0.2) is 0 Å². The molecule has 0 amide bonds. The molecule has 0 saturated heterocycles. The third-order valence-corrected chi connectivity index (χ3v) is 4.49. The average Bonchev–Trinajstić information content (AvgIpc) is 2.85. The number of rotatable bonds is 4. The molecule has 0 saturated carbocycles. The maximum atomic E-state index is 12.1. The number of Topliss-reactive ketones (excluding diaryl/α,β-unsaturated/α-hetero) is 2. The molecule has 0 bridgehead atoms. The van der Waals surface area contributed by atoms with E-state index in [1.54, 1.807) is 24.3 Å². The van der Waals surface area contributed by atoms with Crippen LogP contribution in [0.2, 0.25) is 0 Å². The van der Waals surface area contributed by atoms with E-state index >= 15 is 0 Å². The molecule has 1 aliphatic carbocycles. The molecule has 0 radical (unpaired) electrons. The van der Waals surface area contributed by atoms with Crippen LogP contribution in [0, 0.1) is 5.92 Å². The monoisotopic (exact) mass is 330 g/mol. The summed E-state index contributed by atoms with van der Waals surface area (Å²) in [4.78, 5) is 24.2. The van der Waals surface area contributed by atoms with Gasteiger partial charge in [0, 0.05) is 21.9 Å². The summed E-state index contributed by atoms with van der Waals surface area (Å²) in [5.41, 5.74) is 2.21. The SMILES string of the molecule is CC(C)Cc1ccc(Oc2ccc3c4c(cccc24)C(=O)C3=O)cc1. The Morgan fingerprint density at radius 3 is 2.20 bits per heavy atom. The van der Waals surface area contributed by atoms with E-state index in [9.17, 15) is 9.59 Å². The third kappa shape index (κ3) is 2.62. The smallest absolute Gasteiger partial charge is 0.234 e. The molecule has 0 heterocycles. The van der Waals surface area contributed by atoms with Crippen molar-refractivity contribution in [3.8, 4) is 11.5 Å². The number of benzene rings is 3. The summed E-state index contributed by atoms with van der Waals surface area (Å²) in [6.07, 6.45) is 1.03. The van der Waals surface area contributed by atoms with Gasteiger partial charge in [-0.3, -0.25) is 9.59 Å². The maximum absolute atomic E-state index is 12.1. The Bertz CT molecular complexity index is 977. The largest absolute Gasteiger partial charge is 0.457 e. The Morgan fingerprint density at radius 1 is 0.840 bits per heavy atom. The molecule has 0 unspecified atom stereocenters. The van der Waals surface area contributed by atoms with Crippen LogP contribution in [-0.4, -0.2) is 11.6 Å². The van der Waals surface area contributed by atoms with Crippen LogP contribution >= 0.6 is 0 Å². The zero-order chi connectivity index (χ0) is 17.6. The second-order valence-corrected chi connectivity index (χ2v) is 6.84. The van der Waals surface area contributed by atoms with Crippen molar-refractivity contribution in [1.82, 2.24) is 0 Å². The standard InChI is InChI=1S/C22H18O3/c1-13(2)12-14-6-8-15(9-7-14)25-19-11-10-18-20-16(19)4-3-5-17(20)21(23)22(18)24/h3-11,13H,12H2,1-2H3. The molecule has 1 aliphatic rings. The molecule has 0 fully saturated rings. The number of hydrogen-bond donors (Lipinski definition) is 0. The molecule has 3 aromatic carbocycles. The molecule has 0 spiro atoms. The number of hydrogen-bond acceptors (Lipinski definition) is 3. The van der Waals surface area contributed by atoms with Crippen LogP contribution in [0.5, 0.6) is 11.5 Å². The van der Waals surface area contributed by atoms with Gasteiger partial charge in [-0.05, 0) is 42.2 Å². The van der Waals surface area contributed by atoms with Crippen molar-refractivity contribution in [2.45, 2.75) is 20.3 Å². The van der Waals surface area contributed by atoms with E-state index in [2.05, 4.69) is 26.0 Å². The molecule has 0 aliphatic heterocycles. The Kier molecular flexibility index (Phi) is 3.65. The lowest BCUT2D eigenvalue weighted by Crippen LogP contribution is -2.05. The van der Waals surface area contributed by atoms with E-state index in [-0.39, 0.29) is 0 Å². The fourth-order valence-electron chi connectivity index (χ4n) is 3.38. The predicted molar refractivity (Wildman–Crippen MR) is 97.7 cm³/mol. The van der Waals surface area contributed by atoms with Crippen LogP contribution in [0.4, 0.5) is 0 Å². The zero-order valence-corrected chi connectivity index (χ0v) is 14.2. The molecule has 4 rings (SSSR count). The van der Waals surface area contributed by atoms with Crippen molar-refractivity contribution in [2.75, 3.05) is 0 Å². The Balaban J connectivity index is 1.72. The van der Waals surface area contributed by atoms with Crippen molar-refractivity contribution in [3.05, 3.63) is 71.3 Å². The van der Waals surface area contributed by atoms with E-state index in [1.165, 1.54) is 5.56 Å². The molecule has 124 valence electrons. The summed E-state index contributed by atoms with van der Waals surface area (Å²) in [5.74, 6) is 1.13. The summed E-state index contributed by atoms with van der Waals surface area (Å²) in [6.45, 7) is 4.39. The van der Waals surface area contributed by atoms with Gasteiger partial charge in [0.1, 0.15) is 11.5 Å². The minimum Gasteiger partial charge on any atom is -0.457 e. The number of carbonyl (C=O) groups is 2. The lowest BCUT2D eigenvalue weighted by molar-refractivity contribution is 0.0825. The molecule has 0 atom stereocenters. The zero-order valence-electron chi connectivity index (χ0n) is 14.2. The van der Waals surface area contributed by atoms with Crippen molar-refractivity contribution < 1.29 is 14.3 Å². The van der Waals surface area contributed by atoms with Crippen LogP contribution in [0.1, 0.15) is 40.1 Å². The van der Waals surface area contributed by atoms with Crippen LogP contribution in [0.3, 0.4) is 0 Å². The second kappa shape index (κ2) is 5.85. The van der Waals surface area contributed by atoms with Gasteiger partial charge in [-0.15, -0.1) is 0 Å². The summed E-state index contributed by atoms with van der Waals surface area (Å²) in [7, 11) is 0. The van der Waals surface area contributed by atoms with Gasteiger partial charge in [-0.2, -0.15) is 0 Å². The summed E-state index contributed by atoms with van der Waals surface area (Å²) < 4.78 is 6.04. The highest BCUT2D eigenvalue weighted by molar-refractivity contribution is 6.57.